The van der Waals surface area contributed by atoms with Crippen molar-refractivity contribution in [1.29, 1.82) is 0 Å². The second-order valence-electron chi connectivity index (χ2n) is 5.37. The molecule has 1 saturated carbocycles. The molecule has 5 heteroatoms. The Morgan fingerprint density at radius 2 is 2.21 bits per heavy atom. The summed E-state index contributed by atoms with van der Waals surface area (Å²) in [7, 11) is 0. The highest BCUT2D eigenvalue weighted by atomic mass is 16.3. The minimum Gasteiger partial charge on any atom is -0.399 e. The summed E-state index contributed by atoms with van der Waals surface area (Å²) in [5.41, 5.74) is 7.72. The van der Waals surface area contributed by atoms with Gasteiger partial charge in [0.25, 0.3) is 5.91 Å². The van der Waals surface area contributed by atoms with Gasteiger partial charge >= 0.3 is 0 Å². The van der Waals surface area contributed by atoms with Gasteiger partial charge in [-0.25, -0.2) is 0 Å². The lowest BCUT2D eigenvalue weighted by molar-refractivity contribution is 0.0931. The number of aromatic nitrogens is 1. The van der Waals surface area contributed by atoms with Crippen molar-refractivity contribution in [3.63, 3.8) is 0 Å². The molecule has 3 rings (SSSR count). The van der Waals surface area contributed by atoms with Gasteiger partial charge in [-0.15, -0.1) is 0 Å². The van der Waals surface area contributed by atoms with Crippen LogP contribution in [0.1, 0.15) is 23.3 Å². The lowest BCUT2D eigenvalue weighted by Crippen LogP contribution is -2.32. The van der Waals surface area contributed by atoms with Crippen molar-refractivity contribution in [3.05, 3.63) is 30.0 Å². The smallest absolute Gasteiger partial charge is 0.267 e. The normalized spacial score (nSPS) is 16.5. The van der Waals surface area contributed by atoms with Gasteiger partial charge in [-0.05, 0) is 37.1 Å². The van der Waals surface area contributed by atoms with Crippen molar-refractivity contribution < 1.29 is 9.90 Å². The Morgan fingerprint density at radius 3 is 2.89 bits per heavy atom. The molecule has 0 saturated heterocycles. The zero-order chi connectivity index (χ0) is 13.5. The number of amides is 1. The Morgan fingerprint density at radius 1 is 1.42 bits per heavy atom. The molecule has 100 valence electrons. The molecule has 1 aliphatic carbocycles. The summed E-state index contributed by atoms with van der Waals surface area (Å²) in [4.78, 5) is 15.1. The van der Waals surface area contributed by atoms with Crippen molar-refractivity contribution in [2.45, 2.75) is 12.8 Å². The minimum atomic E-state index is -0.144. The van der Waals surface area contributed by atoms with Crippen LogP contribution in [0.25, 0.3) is 10.9 Å². The van der Waals surface area contributed by atoms with E-state index in [-0.39, 0.29) is 17.9 Å². The van der Waals surface area contributed by atoms with Crippen molar-refractivity contribution in [1.82, 2.24) is 10.3 Å². The first-order valence-corrected chi connectivity index (χ1v) is 6.39. The molecule has 5 nitrogen and oxygen atoms in total. The Hall–Kier alpha value is -2.01. The summed E-state index contributed by atoms with van der Waals surface area (Å²) in [5.74, 6) is -0.144. The third-order valence-corrected chi connectivity index (χ3v) is 3.81. The molecule has 0 spiro atoms. The van der Waals surface area contributed by atoms with E-state index >= 15 is 0 Å². The highest BCUT2D eigenvalue weighted by molar-refractivity contribution is 5.98. The van der Waals surface area contributed by atoms with E-state index in [1.54, 1.807) is 12.1 Å². The van der Waals surface area contributed by atoms with E-state index in [1.807, 2.05) is 12.1 Å². The van der Waals surface area contributed by atoms with Crippen LogP contribution in [0.2, 0.25) is 0 Å². The zero-order valence-electron chi connectivity index (χ0n) is 10.6. The first-order chi connectivity index (χ1) is 9.12. The number of H-pyrrole nitrogens is 1. The zero-order valence-corrected chi connectivity index (χ0v) is 10.6. The second-order valence-corrected chi connectivity index (χ2v) is 5.37. The van der Waals surface area contributed by atoms with Crippen LogP contribution in [0.15, 0.2) is 24.3 Å². The van der Waals surface area contributed by atoms with E-state index in [4.69, 9.17) is 5.73 Å². The maximum Gasteiger partial charge on any atom is 0.267 e. The second kappa shape index (κ2) is 4.28. The number of nitrogens with one attached hydrogen (secondary N) is 2. The summed E-state index contributed by atoms with van der Waals surface area (Å²) in [6.45, 7) is 0.663. The van der Waals surface area contributed by atoms with E-state index in [0.717, 1.165) is 23.7 Å². The number of nitrogens with two attached hydrogens (primary N) is 1. The largest absolute Gasteiger partial charge is 0.399 e. The number of benzene rings is 1. The predicted molar refractivity (Wildman–Crippen MR) is 73.8 cm³/mol. The number of aliphatic hydroxyl groups excluding tert-OH is 1. The van der Waals surface area contributed by atoms with Gasteiger partial charge in [0, 0.05) is 28.6 Å². The third-order valence-electron chi connectivity index (χ3n) is 3.81. The van der Waals surface area contributed by atoms with Gasteiger partial charge in [0.1, 0.15) is 5.69 Å². The van der Waals surface area contributed by atoms with E-state index in [9.17, 15) is 9.90 Å². The maximum absolute atomic E-state index is 12.0. The number of carbonyl (C=O) groups excluding carboxylic acids is 1. The monoisotopic (exact) mass is 259 g/mol. The number of carbonyl (C=O) groups is 1. The van der Waals surface area contributed by atoms with Crippen molar-refractivity contribution in [2.75, 3.05) is 18.9 Å². The molecular formula is C14H17N3O2. The maximum atomic E-state index is 12.0. The van der Waals surface area contributed by atoms with E-state index < -0.39 is 0 Å². The third kappa shape index (κ3) is 2.29. The lowest BCUT2D eigenvalue weighted by Gasteiger charge is -2.11. The van der Waals surface area contributed by atoms with Crippen LogP contribution in [-0.4, -0.2) is 29.1 Å². The molecule has 5 N–H and O–H groups in total. The van der Waals surface area contributed by atoms with Gasteiger partial charge in [0.15, 0.2) is 0 Å². The Labute approximate surface area is 110 Å². The molecule has 2 aromatic rings. The predicted octanol–water partition coefficient (Wildman–Crippen LogP) is 1.25. The molecule has 0 atom stereocenters. The fourth-order valence-electron chi connectivity index (χ4n) is 2.20. The molecule has 0 aliphatic heterocycles. The molecule has 0 unspecified atom stereocenters. The molecule has 1 heterocycles. The molecular weight excluding hydrogens is 242 g/mol. The highest BCUT2D eigenvalue weighted by Crippen LogP contribution is 2.44. The van der Waals surface area contributed by atoms with Crippen LogP contribution in [-0.2, 0) is 0 Å². The molecule has 0 bridgehead atoms. The number of aliphatic hydroxyl groups is 1. The molecule has 1 aromatic heterocycles. The van der Waals surface area contributed by atoms with Crippen LogP contribution in [0, 0.1) is 5.41 Å². The molecule has 1 aliphatic rings. The lowest BCUT2D eigenvalue weighted by atomic mass is 10.1. The highest BCUT2D eigenvalue weighted by Gasteiger charge is 2.42. The van der Waals surface area contributed by atoms with Crippen molar-refractivity contribution in [2.24, 2.45) is 5.41 Å². The standard InChI is InChI=1S/C14H17N3O2/c15-10-1-2-11-9(5-10)6-12(17-11)13(19)16-7-14(8-18)3-4-14/h1-2,5-6,17-18H,3-4,7-8,15H2,(H,16,19). The molecule has 1 fully saturated rings. The SMILES string of the molecule is Nc1ccc2[nH]c(C(=O)NCC3(CO)CC3)cc2c1. The van der Waals surface area contributed by atoms with E-state index in [1.165, 1.54) is 0 Å². The average molecular weight is 259 g/mol. The van der Waals surface area contributed by atoms with Gasteiger partial charge in [0.2, 0.25) is 0 Å². The minimum absolute atomic E-state index is 0.0773. The quantitative estimate of drug-likeness (QED) is 0.623. The molecule has 1 amide bonds. The first kappa shape index (κ1) is 12.0. The van der Waals surface area contributed by atoms with Gasteiger partial charge in [-0.1, -0.05) is 0 Å². The number of hydrogen-bond donors (Lipinski definition) is 4. The van der Waals surface area contributed by atoms with Crippen LogP contribution >= 0.6 is 0 Å². The summed E-state index contributed by atoms with van der Waals surface area (Å²) in [5, 5.41) is 13.0. The number of fused-ring (bicyclic) bond motifs is 1. The Bertz CT molecular complexity index is 629. The van der Waals surface area contributed by atoms with Gasteiger partial charge < -0.3 is 21.1 Å². The van der Waals surface area contributed by atoms with Gasteiger partial charge in [0.05, 0.1) is 6.61 Å². The average Bonchev–Trinajstić information content (AvgIpc) is 3.07. The topological polar surface area (TPSA) is 91.1 Å². The molecule has 1 aromatic carbocycles. The summed E-state index contributed by atoms with van der Waals surface area (Å²) >= 11 is 0. The Kier molecular flexibility index (Phi) is 2.71. The summed E-state index contributed by atoms with van der Waals surface area (Å²) in [6.07, 6.45) is 1.96. The van der Waals surface area contributed by atoms with Crippen molar-refractivity contribution >= 4 is 22.5 Å². The number of aromatic amines is 1. The fraction of sp³-hybridized carbons (Fsp3) is 0.357. The number of rotatable bonds is 4. The molecule has 0 radical (unpaired) electrons. The van der Waals surface area contributed by atoms with E-state index in [0.29, 0.717) is 17.9 Å². The molecule has 19 heavy (non-hydrogen) atoms. The first-order valence-electron chi connectivity index (χ1n) is 6.39. The van der Waals surface area contributed by atoms with Crippen LogP contribution < -0.4 is 11.1 Å². The van der Waals surface area contributed by atoms with Gasteiger partial charge in [-0.2, -0.15) is 0 Å². The fourth-order valence-corrected chi connectivity index (χ4v) is 2.20. The van der Waals surface area contributed by atoms with Crippen LogP contribution in [0.4, 0.5) is 5.69 Å². The number of hydrogen-bond acceptors (Lipinski definition) is 3. The van der Waals surface area contributed by atoms with E-state index in [2.05, 4.69) is 10.3 Å². The number of anilines is 1. The van der Waals surface area contributed by atoms with Gasteiger partial charge in [-0.3, -0.25) is 4.79 Å². The van der Waals surface area contributed by atoms with Crippen LogP contribution in [0.5, 0.6) is 0 Å². The Balaban J connectivity index is 1.74. The summed E-state index contributed by atoms with van der Waals surface area (Å²) in [6, 6.07) is 7.28. The van der Waals surface area contributed by atoms with Crippen molar-refractivity contribution in [3.8, 4) is 0 Å². The van der Waals surface area contributed by atoms with Crippen LogP contribution in [0.3, 0.4) is 0 Å². The summed E-state index contributed by atoms with van der Waals surface area (Å²) < 4.78 is 0. The number of nitrogen functional groups attached to an aromatic ring is 1.